The highest BCUT2D eigenvalue weighted by molar-refractivity contribution is 7.89. The quantitative estimate of drug-likeness (QED) is 0.456. The molecule has 2 fully saturated rings. The van der Waals surface area contributed by atoms with Crippen molar-refractivity contribution in [1.82, 2.24) is 14.9 Å². The maximum atomic E-state index is 12.9. The first kappa shape index (κ1) is 22.0. The lowest BCUT2D eigenvalue weighted by Crippen LogP contribution is -2.45. The summed E-state index contributed by atoms with van der Waals surface area (Å²) in [5.41, 5.74) is 0.290. The van der Waals surface area contributed by atoms with Gasteiger partial charge in [0, 0.05) is 19.1 Å². The number of amides is 2. The average Bonchev–Trinajstić information content (AvgIpc) is 3.36. The van der Waals surface area contributed by atoms with Gasteiger partial charge in [-0.1, -0.05) is 29.8 Å². The fraction of sp³-hybridized carbons (Fsp3) is 0.545. The Morgan fingerprint density at radius 3 is 2.65 bits per heavy atom. The lowest BCUT2D eigenvalue weighted by Gasteiger charge is -2.24. The van der Waals surface area contributed by atoms with Crippen LogP contribution in [-0.2, 0) is 24.3 Å². The van der Waals surface area contributed by atoms with Crippen LogP contribution in [0.1, 0.15) is 25.8 Å². The Morgan fingerprint density at radius 2 is 1.97 bits per heavy atom. The van der Waals surface area contributed by atoms with Crippen molar-refractivity contribution in [3.05, 3.63) is 42.0 Å². The summed E-state index contributed by atoms with van der Waals surface area (Å²) in [4.78, 5) is 27.8. The van der Waals surface area contributed by atoms with Crippen LogP contribution in [0.5, 0.6) is 0 Å². The zero-order valence-electron chi connectivity index (χ0n) is 18.0. The van der Waals surface area contributed by atoms with Gasteiger partial charge >= 0.3 is 0 Å². The molecule has 1 aromatic rings. The van der Waals surface area contributed by atoms with Crippen LogP contribution in [-0.4, -0.2) is 62.5 Å². The van der Waals surface area contributed by atoms with Gasteiger partial charge in [0.1, 0.15) is 5.60 Å². The second-order valence-electron chi connectivity index (χ2n) is 8.82. The Bertz CT molecular complexity index is 1000. The van der Waals surface area contributed by atoms with E-state index < -0.39 is 27.5 Å². The van der Waals surface area contributed by atoms with Crippen LogP contribution in [0.3, 0.4) is 0 Å². The SMILES string of the molecule is Cc1ccc(S(=O)(=O)NCCCNC(=O)[C@H]2[C@@H]3C=C[C@@]4(CN(C(C)C)C(=O)[C@@H]24)O3)cc1. The van der Waals surface area contributed by atoms with Crippen LogP contribution in [0.15, 0.2) is 41.3 Å². The van der Waals surface area contributed by atoms with Crippen LogP contribution in [0.4, 0.5) is 0 Å². The van der Waals surface area contributed by atoms with Crippen molar-refractivity contribution < 1.29 is 22.7 Å². The van der Waals surface area contributed by atoms with Gasteiger partial charge < -0.3 is 15.0 Å². The van der Waals surface area contributed by atoms with Crippen molar-refractivity contribution in [3.8, 4) is 0 Å². The average molecular weight is 448 g/mol. The second kappa shape index (κ2) is 8.03. The Labute approximate surface area is 183 Å². The third-order valence-corrected chi connectivity index (χ3v) is 7.81. The summed E-state index contributed by atoms with van der Waals surface area (Å²) in [5.74, 6) is -1.30. The van der Waals surface area contributed by atoms with E-state index in [0.29, 0.717) is 19.5 Å². The number of nitrogens with zero attached hydrogens (tertiary/aromatic N) is 1. The third-order valence-electron chi connectivity index (χ3n) is 6.33. The van der Waals surface area contributed by atoms with Crippen molar-refractivity contribution in [2.75, 3.05) is 19.6 Å². The van der Waals surface area contributed by atoms with E-state index in [9.17, 15) is 18.0 Å². The highest BCUT2D eigenvalue weighted by atomic mass is 32.2. The van der Waals surface area contributed by atoms with E-state index >= 15 is 0 Å². The van der Waals surface area contributed by atoms with Crippen molar-refractivity contribution >= 4 is 21.8 Å². The number of hydrogen-bond acceptors (Lipinski definition) is 5. The van der Waals surface area contributed by atoms with Crippen molar-refractivity contribution in [3.63, 3.8) is 0 Å². The van der Waals surface area contributed by atoms with Crippen LogP contribution in [0, 0.1) is 18.8 Å². The van der Waals surface area contributed by atoms with Gasteiger partial charge in [-0.2, -0.15) is 0 Å². The van der Waals surface area contributed by atoms with Crippen LogP contribution >= 0.6 is 0 Å². The molecule has 4 rings (SSSR count). The minimum Gasteiger partial charge on any atom is -0.360 e. The van der Waals surface area contributed by atoms with Crippen LogP contribution in [0.25, 0.3) is 0 Å². The molecule has 0 aliphatic carbocycles. The number of carbonyl (C=O) groups is 2. The zero-order chi connectivity index (χ0) is 22.4. The maximum absolute atomic E-state index is 12.9. The summed E-state index contributed by atoms with van der Waals surface area (Å²) in [5, 5.41) is 2.86. The first-order valence-electron chi connectivity index (χ1n) is 10.7. The Hall–Kier alpha value is -2.23. The number of carbonyl (C=O) groups excluding carboxylic acids is 2. The van der Waals surface area contributed by atoms with Gasteiger partial charge in [0.25, 0.3) is 0 Å². The van der Waals surface area contributed by atoms with E-state index in [-0.39, 0.29) is 35.4 Å². The number of fused-ring (bicyclic) bond motifs is 1. The Kier molecular flexibility index (Phi) is 5.70. The summed E-state index contributed by atoms with van der Waals surface area (Å²) in [6, 6.07) is 6.68. The number of likely N-dealkylation sites (tertiary alicyclic amines) is 1. The van der Waals surface area contributed by atoms with Crippen LogP contribution in [0.2, 0.25) is 0 Å². The molecular formula is C22H29N3O5S. The van der Waals surface area contributed by atoms with E-state index in [1.807, 2.05) is 32.9 Å². The number of sulfonamides is 1. The molecule has 3 aliphatic rings. The smallest absolute Gasteiger partial charge is 0.240 e. The largest absolute Gasteiger partial charge is 0.360 e. The third kappa shape index (κ3) is 3.90. The number of rotatable bonds is 8. The summed E-state index contributed by atoms with van der Waals surface area (Å²) in [7, 11) is -3.58. The highest BCUT2D eigenvalue weighted by Gasteiger charge is 2.66. The molecular weight excluding hydrogens is 418 g/mol. The number of benzene rings is 1. The normalized spacial score (nSPS) is 29.1. The Balaban J connectivity index is 1.29. The van der Waals surface area contributed by atoms with Gasteiger partial charge in [0.15, 0.2) is 0 Å². The molecule has 0 aromatic heterocycles. The lowest BCUT2D eigenvalue weighted by atomic mass is 9.77. The van der Waals surface area contributed by atoms with Crippen molar-refractivity contribution in [2.45, 2.75) is 49.8 Å². The molecule has 2 amide bonds. The molecule has 3 aliphatic heterocycles. The van der Waals surface area contributed by atoms with Gasteiger partial charge in [0.05, 0.1) is 29.4 Å². The minimum atomic E-state index is -3.58. The number of aryl methyl sites for hydroxylation is 1. The van der Waals surface area contributed by atoms with Gasteiger partial charge in [-0.15, -0.1) is 0 Å². The standard InChI is InChI=1S/C22H29N3O5S/c1-14(2)25-13-22-10-9-17(30-22)18(19(22)21(25)27)20(26)23-11-4-12-24-31(28,29)16-7-5-15(3)6-8-16/h5-10,14,17-19,24H,4,11-13H2,1-3H3,(H,23,26)/t17-,18-,19+,22-/m0/s1. The molecule has 2 bridgehead atoms. The minimum absolute atomic E-state index is 0.0344. The molecule has 168 valence electrons. The highest BCUT2D eigenvalue weighted by Crippen LogP contribution is 2.52. The van der Waals surface area contributed by atoms with Crippen molar-refractivity contribution in [2.24, 2.45) is 11.8 Å². The summed E-state index contributed by atoms with van der Waals surface area (Å²) < 4.78 is 33.3. The molecule has 0 saturated carbocycles. The molecule has 2 saturated heterocycles. The van der Waals surface area contributed by atoms with Gasteiger partial charge in [0.2, 0.25) is 21.8 Å². The molecule has 0 radical (unpaired) electrons. The monoisotopic (exact) mass is 447 g/mol. The summed E-state index contributed by atoms with van der Waals surface area (Å²) in [6.45, 7) is 6.80. The van der Waals surface area contributed by atoms with E-state index in [1.54, 1.807) is 29.2 Å². The molecule has 8 nitrogen and oxygen atoms in total. The second-order valence-corrected chi connectivity index (χ2v) is 10.6. The molecule has 31 heavy (non-hydrogen) atoms. The first-order valence-corrected chi connectivity index (χ1v) is 12.1. The van der Waals surface area contributed by atoms with Crippen LogP contribution < -0.4 is 10.0 Å². The maximum Gasteiger partial charge on any atom is 0.240 e. The van der Waals surface area contributed by atoms with E-state index in [4.69, 9.17) is 4.74 Å². The summed E-state index contributed by atoms with van der Waals surface area (Å²) >= 11 is 0. The summed E-state index contributed by atoms with van der Waals surface area (Å²) in [6.07, 6.45) is 3.87. The van der Waals surface area contributed by atoms with E-state index in [0.717, 1.165) is 5.56 Å². The molecule has 0 unspecified atom stereocenters. The predicted molar refractivity (Wildman–Crippen MR) is 115 cm³/mol. The molecule has 2 N–H and O–H groups in total. The zero-order valence-corrected chi connectivity index (χ0v) is 18.8. The van der Waals surface area contributed by atoms with Gasteiger partial charge in [-0.3, -0.25) is 9.59 Å². The topological polar surface area (TPSA) is 105 Å². The van der Waals surface area contributed by atoms with Crippen molar-refractivity contribution in [1.29, 1.82) is 0 Å². The molecule has 4 atom stereocenters. The number of hydrogen-bond donors (Lipinski definition) is 2. The fourth-order valence-corrected chi connectivity index (χ4v) is 5.76. The molecule has 9 heteroatoms. The lowest BCUT2D eigenvalue weighted by molar-refractivity contribution is -0.138. The Morgan fingerprint density at radius 1 is 1.26 bits per heavy atom. The fourth-order valence-electron chi connectivity index (χ4n) is 4.69. The molecule has 1 spiro atoms. The molecule has 3 heterocycles. The number of nitrogens with one attached hydrogen (secondary N) is 2. The first-order chi connectivity index (χ1) is 14.6. The predicted octanol–water partition coefficient (Wildman–Crippen LogP) is 0.970. The van der Waals surface area contributed by atoms with E-state index in [1.165, 1.54) is 0 Å². The van der Waals surface area contributed by atoms with Gasteiger partial charge in [-0.25, -0.2) is 13.1 Å². The number of ether oxygens (including phenoxy) is 1. The van der Waals surface area contributed by atoms with E-state index in [2.05, 4.69) is 10.0 Å². The molecule has 1 aromatic carbocycles. The van der Waals surface area contributed by atoms with Gasteiger partial charge in [-0.05, 0) is 39.3 Å².